The Morgan fingerprint density at radius 3 is 2.33 bits per heavy atom. The topological polar surface area (TPSA) is 66.4 Å². The van der Waals surface area contributed by atoms with Crippen molar-refractivity contribution in [2.24, 2.45) is 5.41 Å². The summed E-state index contributed by atoms with van der Waals surface area (Å²) < 4.78 is 24.1. The SMILES string of the molecule is CC(C)(CO)CNS(=O)(=O)CBr. The lowest BCUT2D eigenvalue weighted by atomic mass is 9.96. The van der Waals surface area contributed by atoms with Crippen molar-refractivity contribution in [3.05, 3.63) is 0 Å². The third-order valence-corrected chi connectivity index (χ3v) is 4.02. The van der Waals surface area contributed by atoms with Crippen molar-refractivity contribution in [3.63, 3.8) is 0 Å². The van der Waals surface area contributed by atoms with Gasteiger partial charge in [-0.25, -0.2) is 13.1 Å². The van der Waals surface area contributed by atoms with Gasteiger partial charge in [0.2, 0.25) is 10.0 Å². The van der Waals surface area contributed by atoms with Crippen LogP contribution in [-0.2, 0) is 10.0 Å². The molecule has 0 radical (unpaired) electrons. The molecule has 0 aliphatic heterocycles. The van der Waals surface area contributed by atoms with Crippen molar-refractivity contribution in [2.45, 2.75) is 13.8 Å². The minimum absolute atomic E-state index is 0.0438. The predicted octanol–water partition coefficient (Wildman–Crippen LogP) is 0.277. The molecule has 0 fully saturated rings. The minimum Gasteiger partial charge on any atom is -0.396 e. The second-order valence-electron chi connectivity index (χ2n) is 3.37. The summed E-state index contributed by atoms with van der Waals surface area (Å²) in [5.74, 6) is 0. The van der Waals surface area contributed by atoms with E-state index in [1.54, 1.807) is 13.8 Å². The molecule has 0 spiro atoms. The maximum absolute atomic E-state index is 10.9. The van der Waals surface area contributed by atoms with Crippen LogP contribution in [0.1, 0.15) is 13.8 Å². The molecule has 0 aliphatic rings. The van der Waals surface area contributed by atoms with E-state index in [1.165, 1.54) is 0 Å². The largest absolute Gasteiger partial charge is 0.396 e. The van der Waals surface area contributed by atoms with Gasteiger partial charge in [-0.3, -0.25) is 0 Å². The number of hydrogen-bond acceptors (Lipinski definition) is 3. The van der Waals surface area contributed by atoms with Gasteiger partial charge in [-0.1, -0.05) is 29.8 Å². The van der Waals surface area contributed by atoms with E-state index in [9.17, 15) is 8.42 Å². The number of halogens is 1. The molecule has 0 amide bonds. The van der Waals surface area contributed by atoms with Gasteiger partial charge in [0.25, 0.3) is 0 Å². The normalized spacial score (nSPS) is 13.3. The highest BCUT2D eigenvalue weighted by Gasteiger charge is 2.19. The molecule has 0 aromatic rings. The molecule has 0 atom stereocenters. The molecule has 4 nitrogen and oxygen atoms in total. The van der Waals surface area contributed by atoms with Gasteiger partial charge >= 0.3 is 0 Å². The molecule has 0 aliphatic carbocycles. The average molecular weight is 260 g/mol. The summed E-state index contributed by atoms with van der Waals surface area (Å²) in [5.41, 5.74) is -0.408. The maximum Gasteiger partial charge on any atom is 0.221 e. The van der Waals surface area contributed by atoms with Crippen LogP contribution in [0, 0.1) is 5.41 Å². The van der Waals surface area contributed by atoms with Crippen LogP contribution >= 0.6 is 15.9 Å². The van der Waals surface area contributed by atoms with Crippen molar-refractivity contribution >= 4 is 26.0 Å². The molecule has 0 bridgehead atoms. The summed E-state index contributed by atoms with van der Waals surface area (Å²) >= 11 is 2.85. The van der Waals surface area contributed by atoms with Crippen molar-refractivity contribution in [3.8, 4) is 0 Å². The van der Waals surface area contributed by atoms with Gasteiger partial charge in [-0.2, -0.15) is 0 Å². The summed E-state index contributed by atoms with van der Waals surface area (Å²) in [6.07, 6.45) is 0. The number of alkyl halides is 1. The Morgan fingerprint density at radius 2 is 2.00 bits per heavy atom. The summed E-state index contributed by atoms with van der Waals surface area (Å²) in [7, 11) is -3.21. The number of aliphatic hydroxyl groups is 1. The van der Waals surface area contributed by atoms with Crippen LogP contribution in [0.2, 0.25) is 0 Å². The number of nitrogens with one attached hydrogen (secondary N) is 1. The lowest BCUT2D eigenvalue weighted by Gasteiger charge is -2.21. The van der Waals surface area contributed by atoms with Crippen molar-refractivity contribution in [2.75, 3.05) is 17.8 Å². The molecule has 6 heteroatoms. The summed E-state index contributed by atoms with van der Waals surface area (Å²) in [6.45, 7) is 3.77. The van der Waals surface area contributed by atoms with E-state index in [0.29, 0.717) is 0 Å². The van der Waals surface area contributed by atoms with E-state index >= 15 is 0 Å². The molecule has 12 heavy (non-hydrogen) atoms. The Hall–Kier alpha value is 0.350. The van der Waals surface area contributed by atoms with Gasteiger partial charge in [0.05, 0.1) is 0 Å². The lowest BCUT2D eigenvalue weighted by molar-refractivity contribution is 0.163. The zero-order valence-electron chi connectivity index (χ0n) is 7.17. The van der Waals surface area contributed by atoms with E-state index in [-0.39, 0.29) is 17.8 Å². The molecule has 0 aromatic carbocycles. The quantitative estimate of drug-likeness (QED) is 0.697. The van der Waals surface area contributed by atoms with E-state index in [0.717, 1.165) is 0 Å². The summed E-state index contributed by atoms with van der Waals surface area (Å²) in [6, 6.07) is 0. The molecule has 0 rings (SSSR count). The van der Waals surface area contributed by atoms with Crippen LogP contribution < -0.4 is 4.72 Å². The first-order valence-corrected chi connectivity index (χ1v) is 6.24. The third kappa shape index (κ3) is 5.08. The van der Waals surface area contributed by atoms with Crippen LogP contribution in [0.3, 0.4) is 0 Å². The van der Waals surface area contributed by atoms with Gasteiger partial charge in [0.15, 0.2) is 0 Å². The van der Waals surface area contributed by atoms with E-state index in [4.69, 9.17) is 5.11 Å². The maximum atomic E-state index is 10.9. The number of sulfonamides is 1. The molecule has 0 saturated carbocycles. The van der Waals surface area contributed by atoms with Gasteiger partial charge < -0.3 is 5.11 Å². The van der Waals surface area contributed by atoms with E-state index in [1.807, 2.05) is 0 Å². The molecule has 0 unspecified atom stereocenters. The minimum atomic E-state index is -3.21. The van der Waals surface area contributed by atoms with Crippen LogP contribution in [0.25, 0.3) is 0 Å². The molecule has 0 aromatic heterocycles. The molecule has 2 N–H and O–H groups in total. The lowest BCUT2D eigenvalue weighted by Crippen LogP contribution is -2.36. The molecule has 0 heterocycles. The van der Waals surface area contributed by atoms with Crippen molar-refractivity contribution in [1.29, 1.82) is 0 Å². The highest BCUT2D eigenvalue weighted by atomic mass is 79.9. The Bertz CT molecular complexity index is 225. The first-order valence-electron chi connectivity index (χ1n) is 3.47. The number of hydrogen-bond donors (Lipinski definition) is 2. The zero-order valence-corrected chi connectivity index (χ0v) is 9.57. The molecular weight excluding hydrogens is 246 g/mol. The second-order valence-corrected chi connectivity index (χ2v) is 6.48. The number of aliphatic hydroxyl groups excluding tert-OH is 1. The predicted molar refractivity (Wildman–Crippen MR) is 51.6 cm³/mol. The highest BCUT2D eigenvalue weighted by Crippen LogP contribution is 2.11. The fourth-order valence-corrected chi connectivity index (χ4v) is 1.57. The monoisotopic (exact) mass is 259 g/mol. The number of rotatable bonds is 5. The molecule has 0 saturated heterocycles. The zero-order chi connectivity index (χ0) is 9.83. The van der Waals surface area contributed by atoms with Gasteiger partial charge in [-0.05, 0) is 0 Å². The Morgan fingerprint density at radius 1 is 1.50 bits per heavy atom. The Labute approximate surface area is 81.5 Å². The van der Waals surface area contributed by atoms with Crippen LogP contribution in [-0.4, -0.2) is 31.3 Å². The van der Waals surface area contributed by atoms with Crippen molar-refractivity contribution < 1.29 is 13.5 Å². The molecular formula is C6H14BrNO3S. The fourth-order valence-electron chi connectivity index (χ4n) is 0.400. The van der Waals surface area contributed by atoms with Crippen LogP contribution in [0.4, 0.5) is 0 Å². The fraction of sp³-hybridized carbons (Fsp3) is 1.00. The summed E-state index contributed by atoms with van der Waals surface area (Å²) in [4.78, 5) is 0. The van der Waals surface area contributed by atoms with E-state index in [2.05, 4.69) is 20.7 Å². The smallest absolute Gasteiger partial charge is 0.221 e. The first-order chi connectivity index (χ1) is 5.33. The average Bonchev–Trinajstić information content (AvgIpc) is 2.02. The van der Waals surface area contributed by atoms with Gasteiger partial charge in [-0.15, -0.1) is 0 Å². The summed E-state index contributed by atoms with van der Waals surface area (Å²) in [5, 5.41) is 8.82. The van der Waals surface area contributed by atoms with Crippen LogP contribution in [0.15, 0.2) is 0 Å². The van der Waals surface area contributed by atoms with Crippen molar-refractivity contribution in [1.82, 2.24) is 4.72 Å². The standard InChI is InChI=1S/C6H14BrNO3S/c1-6(2,4-9)3-8-12(10,11)5-7/h8-9H,3-5H2,1-2H3. The van der Waals surface area contributed by atoms with Gasteiger partial charge in [0, 0.05) is 18.6 Å². The van der Waals surface area contributed by atoms with Crippen LogP contribution in [0.5, 0.6) is 0 Å². The van der Waals surface area contributed by atoms with Gasteiger partial charge in [0.1, 0.15) is 4.66 Å². The molecule has 74 valence electrons. The second kappa shape index (κ2) is 4.55. The third-order valence-electron chi connectivity index (χ3n) is 1.34. The Kier molecular flexibility index (Phi) is 4.68. The highest BCUT2D eigenvalue weighted by molar-refractivity contribution is 9.10. The Balaban J connectivity index is 4.00. The first kappa shape index (κ1) is 12.3. The van der Waals surface area contributed by atoms with E-state index < -0.39 is 15.4 Å².